The molecule has 7 rings (SSSR count). The number of benzene rings is 3. The Kier molecular flexibility index (Phi) is 10.5. The molecular weight excluding hydrogens is 844 g/mol. The first-order valence-electron chi connectivity index (χ1n) is 19.2. The zero-order valence-corrected chi connectivity index (χ0v) is 36.7. The van der Waals surface area contributed by atoms with Gasteiger partial charge in [-0.3, -0.25) is 4.68 Å². The molecule has 6 aromatic rings. The van der Waals surface area contributed by atoms with Crippen LogP contribution >= 0.6 is 0 Å². The number of aryl methyl sites for hydroxylation is 1. The standard InChI is InChI=1S/C48H56N4O.Pt/c1-29-22-34(47(8,9)10)23-30(2)44(29)45-31(3)50-52(32(45)4)36-24-35(48(11,12)13)25-38(27-36)53-37-18-19-40-39-16-14-15-17-41(39)51(42(40)28-37)43-26-33(20-21-49-43)46(5,6)7;/h14-22,24-26,30,34,44H,23H2,1-13H3;/q-2;+2/t30-,34-,44?;/m0./s1. The molecule has 0 N–H and O–H groups in total. The fourth-order valence-corrected chi connectivity index (χ4v) is 8.36. The molecule has 0 bridgehead atoms. The van der Waals surface area contributed by atoms with E-state index < -0.39 is 0 Å². The Bertz CT molecular complexity index is 2370. The van der Waals surface area contributed by atoms with E-state index in [1.54, 1.807) is 0 Å². The minimum absolute atomic E-state index is 0. The van der Waals surface area contributed by atoms with Gasteiger partial charge in [0.05, 0.1) is 5.69 Å². The smallest absolute Gasteiger partial charge is 0.509 e. The van der Waals surface area contributed by atoms with Crippen LogP contribution in [0.2, 0.25) is 0 Å². The topological polar surface area (TPSA) is 44.9 Å². The van der Waals surface area contributed by atoms with E-state index in [9.17, 15) is 0 Å². The number of hydrogen-bond acceptors (Lipinski definition) is 3. The molecule has 3 aromatic heterocycles. The van der Waals surface area contributed by atoms with Crippen molar-refractivity contribution in [1.82, 2.24) is 19.3 Å². The monoisotopic (exact) mass is 899 g/mol. The molecule has 0 amide bonds. The normalized spacial score (nSPS) is 18.2. The van der Waals surface area contributed by atoms with Gasteiger partial charge in [0, 0.05) is 40.4 Å². The van der Waals surface area contributed by atoms with Gasteiger partial charge in [-0.2, -0.15) is 11.2 Å². The van der Waals surface area contributed by atoms with Crippen molar-refractivity contribution in [1.29, 1.82) is 0 Å². The van der Waals surface area contributed by atoms with Crippen LogP contribution in [0.4, 0.5) is 0 Å². The molecule has 0 spiro atoms. The summed E-state index contributed by atoms with van der Waals surface area (Å²) in [5.41, 5.74) is 10.4. The molecule has 284 valence electrons. The van der Waals surface area contributed by atoms with E-state index in [4.69, 9.17) is 14.8 Å². The van der Waals surface area contributed by atoms with E-state index in [1.165, 1.54) is 23.1 Å². The summed E-state index contributed by atoms with van der Waals surface area (Å²) < 4.78 is 11.0. The van der Waals surface area contributed by atoms with Gasteiger partial charge in [-0.1, -0.05) is 105 Å². The minimum atomic E-state index is -0.121. The number of pyridine rings is 1. The number of nitrogens with zero attached hydrogens (tertiary/aromatic N) is 4. The number of para-hydroxylation sites is 1. The van der Waals surface area contributed by atoms with E-state index in [2.05, 4.69) is 172 Å². The van der Waals surface area contributed by atoms with Gasteiger partial charge in [-0.15, -0.1) is 41.3 Å². The number of aromatic nitrogens is 4. The fraction of sp³-hybridized carbons (Fsp3) is 0.417. The van der Waals surface area contributed by atoms with Gasteiger partial charge >= 0.3 is 21.1 Å². The van der Waals surface area contributed by atoms with Gasteiger partial charge in [-0.25, -0.2) is 4.98 Å². The first-order chi connectivity index (χ1) is 24.8. The molecule has 1 unspecified atom stereocenters. The Morgan fingerprint density at radius 1 is 0.778 bits per heavy atom. The summed E-state index contributed by atoms with van der Waals surface area (Å²) in [6, 6.07) is 28.5. The molecule has 1 aliphatic rings. The van der Waals surface area contributed by atoms with Crippen molar-refractivity contribution in [3.05, 3.63) is 119 Å². The number of fused-ring (bicyclic) bond motifs is 3. The van der Waals surface area contributed by atoms with Crippen molar-refractivity contribution in [2.45, 2.75) is 113 Å². The molecule has 0 saturated carbocycles. The van der Waals surface area contributed by atoms with Crippen LogP contribution in [0.3, 0.4) is 0 Å². The second kappa shape index (κ2) is 14.3. The van der Waals surface area contributed by atoms with E-state index in [1.807, 2.05) is 12.3 Å². The average molecular weight is 900 g/mol. The first-order valence-corrected chi connectivity index (χ1v) is 19.2. The Morgan fingerprint density at radius 3 is 2.15 bits per heavy atom. The van der Waals surface area contributed by atoms with Gasteiger partial charge in [0.2, 0.25) is 0 Å². The Labute approximate surface area is 337 Å². The van der Waals surface area contributed by atoms with Crippen molar-refractivity contribution < 1.29 is 25.8 Å². The maximum atomic E-state index is 6.73. The number of allylic oxidation sites excluding steroid dienone is 2. The van der Waals surface area contributed by atoms with Crippen LogP contribution < -0.4 is 4.74 Å². The summed E-state index contributed by atoms with van der Waals surface area (Å²) in [6.07, 6.45) is 5.62. The molecule has 0 aliphatic heterocycles. The molecule has 1 aliphatic carbocycles. The molecule has 0 radical (unpaired) electrons. The molecule has 3 aromatic carbocycles. The summed E-state index contributed by atoms with van der Waals surface area (Å²) in [4.78, 5) is 4.85. The molecule has 3 atom stereocenters. The Hall–Kier alpha value is -3.95. The van der Waals surface area contributed by atoms with Crippen LogP contribution in [0.15, 0.2) is 78.5 Å². The summed E-state index contributed by atoms with van der Waals surface area (Å²) in [5, 5.41) is 7.44. The van der Waals surface area contributed by atoms with E-state index >= 15 is 0 Å². The fourth-order valence-electron chi connectivity index (χ4n) is 8.36. The Balaban J connectivity index is 0.00000497. The van der Waals surface area contributed by atoms with Crippen LogP contribution in [0, 0.1) is 43.2 Å². The largest absolute Gasteiger partial charge is 2.00 e. The van der Waals surface area contributed by atoms with Gasteiger partial charge in [0.15, 0.2) is 0 Å². The van der Waals surface area contributed by atoms with Crippen molar-refractivity contribution >= 4 is 21.8 Å². The first kappa shape index (κ1) is 39.7. The number of rotatable bonds is 5. The zero-order valence-electron chi connectivity index (χ0n) is 34.4. The average Bonchev–Trinajstić information content (AvgIpc) is 3.56. The van der Waals surface area contributed by atoms with Crippen molar-refractivity contribution in [3.8, 4) is 23.0 Å². The van der Waals surface area contributed by atoms with Crippen molar-refractivity contribution in [2.24, 2.45) is 17.3 Å². The maximum absolute atomic E-state index is 6.73. The zero-order chi connectivity index (χ0) is 38.2. The summed E-state index contributed by atoms with van der Waals surface area (Å²) in [7, 11) is 0. The molecule has 0 fully saturated rings. The molecule has 5 nitrogen and oxygen atoms in total. The van der Waals surface area contributed by atoms with Gasteiger partial charge < -0.3 is 9.30 Å². The molecule has 3 heterocycles. The van der Waals surface area contributed by atoms with Crippen LogP contribution in [0.25, 0.3) is 33.3 Å². The molecule has 54 heavy (non-hydrogen) atoms. The Morgan fingerprint density at radius 2 is 1.48 bits per heavy atom. The van der Waals surface area contributed by atoms with Gasteiger partial charge in [0.25, 0.3) is 0 Å². The van der Waals surface area contributed by atoms with E-state index in [0.29, 0.717) is 29.3 Å². The van der Waals surface area contributed by atoms with Gasteiger partial charge in [-0.05, 0) is 90.1 Å². The quantitative estimate of drug-likeness (QED) is 0.128. The van der Waals surface area contributed by atoms with Gasteiger partial charge in [0.1, 0.15) is 5.82 Å². The molecule has 6 heteroatoms. The van der Waals surface area contributed by atoms with Crippen LogP contribution in [-0.2, 0) is 31.9 Å². The van der Waals surface area contributed by atoms with Crippen molar-refractivity contribution in [2.75, 3.05) is 0 Å². The van der Waals surface area contributed by atoms with Crippen LogP contribution in [0.5, 0.6) is 11.5 Å². The summed E-state index contributed by atoms with van der Waals surface area (Å²) in [6.45, 7) is 29.6. The summed E-state index contributed by atoms with van der Waals surface area (Å²) in [5.74, 6) is 3.57. The predicted octanol–water partition coefficient (Wildman–Crippen LogP) is 12.7. The molecular formula is C48H56N4OPt. The third-order valence-electron chi connectivity index (χ3n) is 11.5. The number of ether oxygens (including phenoxy) is 1. The van der Waals surface area contributed by atoms with E-state index in [-0.39, 0.29) is 37.3 Å². The van der Waals surface area contributed by atoms with Crippen molar-refractivity contribution in [3.63, 3.8) is 0 Å². The van der Waals surface area contributed by atoms with Crippen LogP contribution in [0.1, 0.15) is 117 Å². The second-order valence-corrected chi connectivity index (χ2v) is 18.6. The third kappa shape index (κ3) is 7.38. The predicted molar refractivity (Wildman–Crippen MR) is 220 cm³/mol. The second-order valence-electron chi connectivity index (χ2n) is 18.6. The molecule has 0 saturated heterocycles. The summed E-state index contributed by atoms with van der Waals surface area (Å²) >= 11 is 0. The third-order valence-corrected chi connectivity index (χ3v) is 11.5. The SMILES string of the molecule is CC1=C[C@H](C(C)(C)C)C[C@H](C)C1c1c(C)nn(-c2[c-]c(Oc3[c-]c4c(cc3)c3ccccc3n4-c3cc(C(C)(C)C)ccn3)cc(C(C)(C)C)c2)c1C.[Pt+2]. The maximum Gasteiger partial charge on any atom is 2.00 e. The number of hydrogen-bond donors (Lipinski definition) is 0. The van der Waals surface area contributed by atoms with E-state index in [0.717, 1.165) is 50.3 Å². The minimum Gasteiger partial charge on any atom is -0.509 e. The van der Waals surface area contributed by atoms with Crippen LogP contribution in [-0.4, -0.2) is 19.3 Å².